The van der Waals surface area contributed by atoms with Gasteiger partial charge in [-0.25, -0.2) is 9.97 Å². The van der Waals surface area contributed by atoms with E-state index in [1.165, 1.54) is 20.9 Å². The molecular weight excluding hydrogens is 300 g/mol. The average molecular weight is 312 g/mol. The highest BCUT2D eigenvalue weighted by atomic mass is 32.1. The summed E-state index contributed by atoms with van der Waals surface area (Å²) < 4.78 is 1.26. The van der Waals surface area contributed by atoms with Gasteiger partial charge in [0.1, 0.15) is 4.83 Å². The summed E-state index contributed by atoms with van der Waals surface area (Å²) in [7, 11) is 0. The van der Waals surface area contributed by atoms with Gasteiger partial charge >= 0.3 is 0 Å². The van der Waals surface area contributed by atoms with Crippen LogP contribution in [0, 0.1) is 0 Å². The molecule has 2 nitrogen and oxygen atoms in total. The van der Waals surface area contributed by atoms with Crippen LogP contribution in [0.5, 0.6) is 0 Å². The summed E-state index contributed by atoms with van der Waals surface area (Å²) in [6, 6.07) is 23.1. The molecular formula is C20H12N2S. The zero-order valence-electron chi connectivity index (χ0n) is 12.2. The molecule has 0 aliphatic carbocycles. The lowest BCUT2D eigenvalue weighted by atomic mass is 10.1. The lowest BCUT2D eigenvalue weighted by Crippen LogP contribution is -1.87. The number of fused-ring (bicyclic) bond motifs is 4. The highest BCUT2D eigenvalue weighted by molar-refractivity contribution is 7.25. The van der Waals surface area contributed by atoms with Crippen molar-refractivity contribution in [1.29, 1.82) is 0 Å². The molecule has 108 valence electrons. The van der Waals surface area contributed by atoms with Crippen LogP contribution in [0.25, 0.3) is 42.5 Å². The van der Waals surface area contributed by atoms with E-state index in [2.05, 4.69) is 41.4 Å². The minimum absolute atomic E-state index is 0.786. The highest BCUT2D eigenvalue weighted by Crippen LogP contribution is 2.35. The fourth-order valence-electron chi connectivity index (χ4n) is 2.97. The SMILES string of the molecule is c1ccc(-c2ncc3c(n2)sc2cc4ccccc4cc23)cc1. The van der Waals surface area contributed by atoms with Crippen molar-refractivity contribution in [2.24, 2.45) is 0 Å². The predicted octanol–water partition coefficient (Wildman–Crippen LogP) is 5.66. The molecule has 0 bridgehead atoms. The largest absolute Gasteiger partial charge is 0.236 e. The first kappa shape index (κ1) is 12.7. The molecule has 0 spiro atoms. The van der Waals surface area contributed by atoms with Crippen LogP contribution in [0.1, 0.15) is 0 Å². The summed E-state index contributed by atoms with van der Waals surface area (Å²) in [5.74, 6) is 0.786. The Morgan fingerprint density at radius 2 is 1.48 bits per heavy atom. The van der Waals surface area contributed by atoms with Crippen LogP contribution in [0.15, 0.2) is 72.9 Å². The first-order chi connectivity index (χ1) is 11.4. The second-order valence-corrected chi connectivity index (χ2v) is 6.61. The minimum atomic E-state index is 0.786. The second-order valence-electron chi connectivity index (χ2n) is 5.58. The van der Waals surface area contributed by atoms with Gasteiger partial charge in [-0.1, -0.05) is 54.6 Å². The molecule has 0 fully saturated rings. The van der Waals surface area contributed by atoms with Crippen LogP contribution in [-0.4, -0.2) is 9.97 Å². The fourth-order valence-corrected chi connectivity index (χ4v) is 4.05. The maximum Gasteiger partial charge on any atom is 0.160 e. The molecule has 3 heteroatoms. The lowest BCUT2D eigenvalue weighted by Gasteiger charge is -1.99. The first-order valence-corrected chi connectivity index (χ1v) is 8.34. The number of hydrogen-bond acceptors (Lipinski definition) is 3. The maximum absolute atomic E-state index is 4.78. The monoisotopic (exact) mass is 312 g/mol. The van der Waals surface area contributed by atoms with Gasteiger partial charge in [-0.3, -0.25) is 0 Å². The van der Waals surface area contributed by atoms with Gasteiger partial charge in [0.2, 0.25) is 0 Å². The normalized spacial score (nSPS) is 11.5. The van der Waals surface area contributed by atoms with E-state index in [1.54, 1.807) is 11.3 Å². The molecule has 0 aliphatic heterocycles. The Morgan fingerprint density at radius 3 is 2.30 bits per heavy atom. The molecule has 2 aromatic heterocycles. The summed E-state index contributed by atoms with van der Waals surface area (Å²) in [6.45, 7) is 0. The highest BCUT2D eigenvalue weighted by Gasteiger charge is 2.10. The summed E-state index contributed by atoms with van der Waals surface area (Å²) in [5, 5.41) is 4.90. The Balaban J connectivity index is 1.80. The number of thiophene rings is 1. The number of rotatable bonds is 1. The fraction of sp³-hybridized carbons (Fsp3) is 0. The van der Waals surface area contributed by atoms with E-state index in [4.69, 9.17) is 4.98 Å². The van der Waals surface area contributed by atoms with Gasteiger partial charge in [0.15, 0.2) is 5.82 Å². The Hall–Kier alpha value is -2.78. The number of nitrogens with zero attached hydrogens (tertiary/aromatic N) is 2. The van der Waals surface area contributed by atoms with Gasteiger partial charge in [-0.15, -0.1) is 11.3 Å². The molecule has 0 aliphatic rings. The lowest BCUT2D eigenvalue weighted by molar-refractivity contribution is 1.24. The smallest absolute Gasteiger partial charge is 0.160 e. The van der Waals surface area contributed by atoms with Crippen molar-refractivity contribution < 1.29 is 0 Å². The van der Waals surface area contributed by atoms with Crippen LogP contribution in [-0.2, 0) is 0 Å². The Bertz CT molecular complexity index is 1160. The van der Waals surface area contributed by atoms with Crippen LogP contribution in [0.2, 0.25) is 0 Å². The first-order valence-electron chi connectivity index (χ1n) is 7.52. The van der Waals surface area contributed by atoms with E-state index in [0.29, 0.717) is 0 Å². The summed E-state index contributed by atoms with van der Waals surface area (Å²) >= 11 is 1.73. The maximum atomic E-state index is 4.78. The van der Waals surface area contributed by atoms with Gasteiger partial charge in [0.05, 0.1) is 0 Å². The van der Waals surface area contributed by atoms with E-state index in [-0.39, 0.29) is 0 Å². The van der Waals surface area contributed by atoms with Crippen LogP contribution < -0.4 is 0 Å². The Labute approximate surface area is 137 Å². The molecule has 0 saturated heterocycles. The Morgan fingerprint density at radius 1 is 0.739 bits per heavy atom. The zero-order valence-corrected chi connectivity index (χ0v) is 13.0. The summed E-state index contributed by atoms with van der Waals surface area (Å²) in [4.78, 5) is 10.4. The summed E-state index contributed by atoms with van der Waals surface area (Å²) in [5.41, 5.74) is 1.05. The van der Waals surface area contributed by atoms with Crippen molar-refractivity contribution in [3.05, 3.63) is 72.9 Å². The molecule has 0 N–H and O–H groups in total. The predicted molar refractivity (Wildman–Crippen MR) is 97.9 cm³/mol. The quantitative estimate of drug-likeness (QED) is 0.399. The van der Waals surface area contributed by atoms with Crippen LogP contribution >= 0.6 is 11.3 Å². The third kappa shape index (κ3) is 2.01. The molecule has 5 rings (SSSR count). The minimum Gasteiger partial charge on any atom is -0.236 e. The zero-order chi connectivity index (χ0) is 15.2. The van der Waals surface area contributed by atoms with Gasteiger partial charge < -0.3 is 0 Å². The van der Waals surface area contributed by atoms with Crippen LogP contribution in [0.3, 0.4) is 0 Å². The third-order valence-corrected chi connectivity index (χ3v) is 5.19. The van der Waals surface area contributed by atoms with E-state index in [9.17, 15) is 0 Å². The van der Waals surface area contributed by atoms with E-state index >= 15 is 0 Å². The van der Waals surface area contributed by atoms with Crippen molar-refractivity contribution in [1.82, 2.24) is 9.97 Å². The van der Waals surface area contributed by atoms with Crippen molar-refractivity contribution in [3.63, 3.8) is 0 Å². The van der Waals surface area contributed by atoms with Crippen molar-refractivity contribution in [2.75, 3.05) is 0 Å². The molecule has 0 unspecified atom stereocenters. The van der Waals surface area contributed by atoms with Crippen molar-refractivity contribution >= 4 is 42.4 Å². The molecule has 0 saturated carbocycles. The number of hydrogen-bond donors (Lipinski definition) is 0. The molecule has 0 radical (unpaired) electrons. The van der Waals surface area contributed by atoms with Crippen molar-refractivity contribution in [2.45, 2.75) is 0 Å². The second kappa shape index (κ2) is 4.86. The van der Waals surface area contributed by atoms with Gasteiger partial charge in [-0.05, 0) is 22.9 Å². The average Bonchev–Trinajstić information content (AvgIpc) is 2.97. The molecule has 3 aromatic carbocycles. The van der Waals surface area contributed by atoms with Gasteiger partial charge in [0, 0.05) is 27.2 Å². The summed E-state index contributed by atoms with van der Waals surface area (Å²) in [6.07, 6.45) is 1.96. The van der Waals surface area contributed by atoms with E-state index in [1.807, 2.05) is 36.5 Å². The Kier molecular flexibility index (Phi) is 2.69. The number of aromatic nitrogens is 2. The third-order valence-electron chi connectivity index (χ3n) is 4.13. The standard InChI is InChI=1S/C20H12N2S/c1-2-6-13(7-3-1)19-21-12-17-16-10-14-8-4-5-9-15(14)11-18(16)23-20(17)22-19/h1-12H. The van der Waals surface area contributed by atoms with Gasteiger partial charge in [0.25, 0.3) is 0 Å². The molecule has 0 amide bonds. The van der Waals surface area contributed by atoms with Crippen molar-refractivity contribution in [3.8, 4) is 11.4 Å². The number of benzene rings is 3. The molecule has 5 aromatic rings. The molecule has 0 atom stereocenters. The molecule has 23 heavy (non-hydrogen) atoms. The van der Waals surface area contributed by atoms with Crippen LogP contribution in [0.4, 0.5) is 0 Å². The van der Waals surface area contributed by atoms with Gasteiger partial charge in [-0.2, -0.15) is 0 Å². The van der Waals surface area contributed by atoms with E-state index < -0.39 is 0 Å². The topological polar surface area (TPSA) is 25.8 Å². The molecule has 2 heterocycles. The van der Waals surface area contributed by atoms with E-state index in [0.717, 1.165) is 21.6 Å².